The maximum atomic E-state index is 4.82. The summed E-state index contributed by atoms with van der Waals surface area (Å²) in [5.74, 6) is 2.78. The number of hydrogen-bond acceptors (Lipinski definition) is 2. The van der Waals surface area contributed by atoms with E-state index in [-0.39, 0.29) is 0 Å². The fourth-order valence-corrected chi connectivity index (χ4v) is 8.02. The first-order chi connectivity index (χ1) is 5.55. The van der Waals surface area contributed by atoms with Crippen molar-refractivity contribution in [2.24, 2.45) is 5.41 Å². The highest BCUT2D eigenvalue weighted by Crippen LogP contribution is 2.68. The molecule has 1 atom stereocenters. The molecule has 12 heavy (non-hydrogen) atoms. The Hall–Kier alpha value is 1.05. The van der Waals surface area contributed by atoms with Crippen LogP contribution in [0, 0.1) is 5.41 Å². The van der Waals surface area contributed by atoms with Crippen LogP contribution in [0.2, 0.25) is 0 Å². The van der Waals surface area contributed by atoms with E-state index in [4.69, 9.17) is 11.7 Å². The van der Waals surface area contributed by atoms with Crippen LogP contribution in [-0.4, -0.2) is 29.3 Å². The van der Waals surface area contributed by atoms with Gasteiger partial charge in [-0.1, -0.05) is 0 Å². The van der Waals surface area contributed by atoms with E-state index in [1.807, 2.05) is 0 Å². The van der Waals surface area contributed by atoms with E-state index < -0.39 is 9.06 Å². The standard InChI is InChI=1S/C9H18S3/c1-12(2,10)8-7-11-6-5-9(8)3-4-9/h8,10H,3-7H2,1-2H3. The van der Waals surface area contributed by atoms with Gasteiger partial charge in [-0.25, -0.2) is 0 Å². The molecule has 0 N–H and O–H groups in total. The van der Waals surface area contributed by atoms with Crippen LogP contribution < -0.4 is 0 Å². The molecule has 2 aliphatic rings. The predicted octanol–water partition coefficient (Wildman–Crippen LogP) is 3.18. The van der Waals surface area contributed by atoms with E-state index >= 15 is 0 Å². The van der Waals surface area contributed by atoms with Gasteiger partial charge in [-0.05, 0) is 42.9 Å². The molecule has 3 heteroatoms. The number of rotatable bonds is 1. The Balaban J connectivity index is 2.12. The van der Waals surface area contributed by atoms with Crippen molar-refractivity contribution in [2.45, 2.75) is 24.5 Å². The monoisotopic (exact) mass is 222 g/mol. The normalized spacial score (nSPS) is 35.1. The summed E-state index contributed by atoms with van der Waals surface area (Å²) in [5.41, 5.74) is 0.770. The third kappa shape index (κ3) is 1.64. The second kappa shape index (κ2) is 3.03. The molecule has 0 aromatic rings. The minimum Gasteiger partial charge on any atom is -0.197 e. The molecule has 1 unspecified atom stereocenters. The van der Waals surface area contributed by atoms with Crippen molar-refractivity contribution in [3.05, 3.63) is 0 Å². The minimum absolute atomic E-state index is 0.597. The molecule has 1 saturated heterocycles. The number of hydrogen-bond donors (Lipinski definition) is 1. The van der Waals surface area contributed by atoms with Crippen molar-refractivity contribution in [1.82, 2.24) is 0 Å². The molecule has 2 rings (SSSR count). The fraction of sp³-hybridized carbons (Fsp3) is 1.00. The lowest BCUT2D eigenvalue weighted by Gasteiger charge is -2.43. The summed E-state index contributed by atoms with van der Waals surface area (Å²) in [6, 6.07) is 0. The van der Waals surface area contributed by atoms with Crippen molar-refractivity contribution in [2.75, 3.05) is 24.0 Å². The van der Waals surface area contributed by atoms with Crippen LogP contribution in [-0.2, 0) is 0 Å². The second-order valence-electron chi connectivity index (χ2n) is 4.53. The summed E-state index contributed by atoms with van der Waals surface area (Å²) in [4.78, 5) is 0. The van der Waals surface area contributed by atoms with Gasteiger partial charge < -0.3 is 0 Å². The Kier molecular flexibility index (Phi) is 2.42. The maximum Gasteiger partial charge on any atom is 0.0113 e. The second-order valence-corrected chi connectivity index (χ2v) is 11.8. The van der Waals surface area contributed by atoms with Crippen LogP contribution in [0.1, 0.15) is 19.3 Å². The van der Waals surface area contributed by atoms with E-state index in [9.17, 15) is 0 Å². The Bertz CT molecular complexity index is 179. The van der Waals surface area contributed by atoms with Gasteiger partial charge >= 0.3 is 0 Å². The van der Waals surface area contributed by atoms with Crippen LogP contribution in [0.25, 0.3) is 0 Å². The molecule has 0 bridgehead atoms. The Morgan fingerprint density at radius 2 is 2.00 bits per heavy atom. The Morgan fingerprint density at radius 3 is 2.42 bits per heavy atom. The van der Waals surface area contributed by atoms with E-state index in [2.05, 4.69) is 24.3 Å². The quantitative estimate of drug-likeness (QED) is 0.525. The largest absolute Gasteiger partial charge is 0.197 e. The van der Waals surface area contributed by atoms with Crippen molar-refractivity contribution in [3.63, 3.8) is 0 Å². The molecule has 2 fully saturated rings. The SMILES string of the molecule is CS(C)(S)C1CSCCC12CC2. The van der Waals surface area contributed by atoms with Crippen LogP contribution in [0.4, 0.5) is 0 Å². The lowest BCUT2D eigenvalue weighted by Crippen LogP contribution is -2.32. The first-order valence-electron chi connectivity index (χ1n) is 4.57. The molecule has 1 aliphatic carbocycles. The van der Waals surface area contributed by atoms with Crippen molar-refractivity contribution >= 4 is 32.5 Å². The predicted molar refractivity (Wildman–Crippen MR) is 65.8 cm³/mol. The van der Waals surface area contributed by atoms with Crippen molar-refractivity contribution in [1.29, 1.82) is 0 Å². The molecule has 0 amide bonds. The summed E-state index contributed by atoms with van der Waals surface area (Å²) in [7, 11) is -0.597. The Labute approximate surface area is 86.4 Å². The molecule has 1 heterocycles. The summed E-state index contributed by atoms with van der Waals surface area (Å²) >= 11 is 6.97. The summed E-state index contributed by atoms with van der Waals surface area (Å²) in [5, 5.41) is 0.937. The van der Waals surface area contributed by atoms with Gasteiger partial charge in [-0.15, -0.1) is 11.7 Å². The van der Waals surface area contributed by atoms with Gasteiger partial charge in [0.2, 0.25) is 0 Å². The van der Waals surface area contributed by atoms with Crippen LogP contribution in [0.5, 0.6) is 0 Å². The smallest absolute Gasteiger partial charge is 0.0113 e. The molecule has 0 aromatic carbocycles. The average Bonchev–Trinajstić information content (AvgIpc) is 2.68. The van der Waals surface area contributed by atoms with Gasteiger partial charge in [0.1, 0.15) is 0 Å². The zero-order valence-electron chi connectivity index (χ0n) is 7.88. The number of thiol groups is 1. The minimum atomic E-state index is -0.597. The molecule has 72 valence electrons. The molecule has 1 spiro atoms. The van der Waals surface area contributed by atoms with Gasteiger partial charge in [0.05, 0.1) is 0 Å². The lowest BCUT2D eigenvalue weighted by atomic mass is 9.99. The molecule has 1 saturated carbocycles. The van der Waals surface area contributed by atoms with Crippen LogP contribution in [0.3, 0.4) is 0 Å². The molecule has 0 nitrogen and oxygen atoms in total. The van der Waals surface area contributed by atoms with Gasteiger partial charge in [-0.2, -0.15) is 20.8 Å². The van der Waals surface area contributed by atoms with Gasteiger partial charge in [-0.3, -0.25) is 0 Å². The van der Waals surface area contributed by atoms with Gasteiger partial charge in [0, 0.05) is 11.0 Å². The highest BCUT2D eigenvalue weighted by atomic mass is 33.1. The van der Waals surface area contributed by atoms with E-state index in [1.54, 1.807) is 0 Å². The van der Waals surface area contributed by atoms with E-state index in [0.29, 0.717) is 0 Å². The zero-order valence-corrected chi connectivity index (χ0v) is 10.4. The third-order valence-electron chi connectivity index (χ3n) is 3.29. The van der Waals surface area contributed by atoms with Gasteiger partial charge in [0.25, 0.3) is 0 Å². The van der Waals surface area contributed by atoms with Crippen LogP contribution >= 0.6 is 32.5 Å². The molecular weight excluding hydrogens is 204 g/mol. The molecule has 0 radical (unpaired) electrons. The summed E-state index contributed by atoms with van der Waals surface area (Å²) in [6.45, 7) is 0. The summed E-state index contributed by atoms with van der Waals surface area (Å²) in [6.07, 6.45) is 9.20. The number of thioether (sulfide) groups is 1. The first kappa shape index (κ1) is 9.60. The third-order valence-corrected chi connectivity index (χ3v) is 7.38. The fourth-order valence-electron chi connectivity index (χ4n) is 2.31. The lowest BCUT2D eigenvalue weighted by molar-refractivity contribution is 0.482. The molecule has 1 aliphatic heterocycles. The van der Waals surface area contributed by atoms with E-state index in [0.717, 1.165) is 10.7 Å². The molecular formula is C9H18S3. The van der Waals surface area contributed by atoms with E-state index in [1.165, 1.54) is 30.8 Å². The highest BCUT2D eigenvalue weighted by molar-refractivity contribution is 8.87. The molecule has 0 aromatic heterocycles. The zero-order chi connectivity index (χ0) is 8.82. The maximum absolute atomic E-state index is 4.82. The van der Waals surface area contributed by atoms with Crippen LogP contribution in [0.15, 0.2) is 0 Å². The average molecular weight is 222 g/mol. The Morgan fingerprint density at radius 1 is 1.33 bits per heavy atom. The first-order valence-corrected chi connectivity index (χ1v) is 9.29. The van der Waals surface area contributed by atoms with Gasteiger partial charge in [0.15, 0.2) is 0 Å². The van der Waals surface area contributed by atoms with Crippen molar-refractivity contribution in [3.8, 4) is 0 Å². The topological polar surface area (TPSA) is 0 Å². The summed E-state index contributed by atoms with van der Waals surface area (Å²) < 4.78 is 0. The highest BCUT2D eigenvalue weighted by Gasteiger charge is 2.53. The van der Waals surface area contributed by atoms with Crippen molar-refractivity contribution < 1.29 is 0 Å².